The van der Waals surface area contributed by atoms with Gasteiger partial charge >= 0.3 is 5.97 Å². The predicted molar refractivity (Wildman–Crippen MR) is 90.5 cm³/mol. The monoisotopic (exact) mass is 370 g/mol. The van der Waals surface area contributed by atoms with Crippen molar-refractivity contribution in [2.75, 3.05) is 27.2 Å². The normalized spacial score (nSPS) is 11.2. The van der Waals surface area contributed by atoms with Gasteiger partial charge in [-0.05, 0) is 25.5 Å². The van der Waals surface area contributed by atoms with Crippen LogP contribution in [0.4, 0.5) is 0 Å². The maximum atomic E-state index is 12.4. The lowest BCUT2D eigenvalue weighted by atomic mass is 10.2. The number of hydrogen-bond acceptors (Lipinski definition) is 6. The number of ether oxygens (including phenoxy) is 1. The zero-order valence-electron chi connectivity index (χ0n) is 14.4. The van der Waals surface area contributed by atoms with Gasteiger partial charge in [0.15, 0.2) is 12.4 Å². The molecule has 0 saturated heterocycles. The molecule has 1 N–H and O–H groups in total. The van der Waals surface area contributed by atoms with Gasteiger partial charge in [0, 0.05) is 32.6 Å². The van der Waals surface area contributed by atoms with Crippen LogP contribution in [0, 0.1) is 0 Å². The molecule has 0 aromatic heterocycles. The first-order valence-corrected chi connectivity index (χ1v) is 9.06. The second-order valence-electron chi connectivity index (χ2n) is 5.34. The standard InChI is InChI=1S/C16H22N2O6S/c1-12(19)13-6-8-14(9-7-13)25(22,23)18(3)10-4-5-16(21)24-11-15(20)17-2/h6-9H,4-5,10-11H2,1-3H3,(H,17,20). The van der Waals surface area contributed by atoms with Gasteiger partial charge in [-0.2, -0.15) is 0 Å². The van der Waals surface area contributed by atoms with Crippen molar-refractivity contribution in [2.24, 2.45) is 0 Å². The molecule has 25 heavy (non-hydrogen) atoms. The SMILES string of the molecule is CNC(=O)COC(=O)CCCN(C)S(=O)(=O)c1ccc(C(C)=O)cc1. The van der Waals surface area contributed by atoms with Gasteiger partial charge in [-0.25, -0.2) is 12.7 Å². The Hall–Kier alpha value is -2.26. The minimum absolute atomic E-state index is 0.000128. The molecule has 1 aromatic carbocycles. The molecule has 0 heterocycles. The zero-order valence-corrected chi connectivity index (χ0v) is 15.3. The first kappa shape index (κ1) is 20.8. The first-order valence-electron chi connectivity index (χ1n) is 7.62. The third-order valence-corrected chi connectivity index (χ3v) is 5.34. The van der Waals surface area contributed by atoms with E-state index in [0.29, 0.717) is 5.56 Å². The fourth-order valence-corrected chi connectivity index (χ4v) is 3.11. The van der Waals surface area contributed by atoms with E-state index in [9.17, 15) is 22.8 Å². The summed E-state index contributed by atoms with van der Waals surface area (Å²) < 4.78 is 30.7. The predicted octanol–water partition coefficient (Wildman–Crippen LogP) is 0.579. The van der Waals surface area contributed by atoms with Crippen molar-refractivity contribution in [2.45, 2.75) is 24.7 Å². The molecule has 1 amide bonds. The number of Topliss-reactive ketones (excluding diaryl/α,β-unsaturated/α-hetero) is 1. The minimum atomic E-state index is -3.70. The molecular formula is C16H22N2O6S. The number of amides is 1. The Kier molecular flexibility index (Phi) is 7.72. The molecule has 0 unspecified atom stereocenters. The summed E-state index contributed by atoms with van der Waals surface area (Å²) in [5, 5.41) is 2.32. The van der Waals surface area contributed by atoms with Gasteiger partial charge in [0.1, 0.15) is 0 Å². The summed E-state index contributed by atoms with van der Waals surface area (Å²) in [7, 11) is -0.867. The quantitative estimate of drug-likeness (QED) is 0.503. The molecule has 0 aliphatic rings. The van der Waals surface area contributed by atoms with Crippen molar-refractivity contribution in [3.8, 4) is 0 Å². The molecule has 9 heteroatoms. The number of sulfonamides is 1. The number of hydrogen-bond donors (Lipinski definition) is 1. The van der Waals surface area contributed by atoms with E-state index in [-0.39, 0.29) is 36.7 Å². The van der Waals surface area contributed by atoms with Crippen LogP contribution in [0.15, 0.2) is 29.2 Å². The average molecular weight is 370 g/mol. The third-order valence-electron chi connectivity index (χ3n) is 3.47. The van der Waals surface area contributed by atoms with Gasteiger partial charge in [0.25, 0.3) is 5.91 Å². The largest absolute Gasteiger partial charge is 0.456 e. The highest BCUT2D eigenvalue weighted by Gasteiger charge is 2.21. The van der Waals surface area contributed by atoms with E-state index in [2.05, 4.69) is 5.32 Å². The first-order chi connectivity index (χ1) is 11.7. The van der Waals surface area contributed by atoms with Crippen LogP contribution >= 0.6 is 0 Å². The highest BCUT2D eigenvalue weighted by atomic mass is 32.2. The summed E-state index contributed by atoms with van der Waals surface area (Å²) in [5.74, 6) is -1.13. The molecule has 0 aliphatic heterocycles. The van der Waals surface area contributed by atoms with Gasteiger partial charge in [-0.1, -0.05) is 12.1 Å². The van der Waals surface area contributed by atoms with Crippen LogP contribution in [-0.2, 0) is 24.3 Å². The Balaban J connectivity index is 2.55. The number of rotatable bonds is 9. The van der Waals surface area contributed by atoms with Crippen LogP contribution in [0.3, 0.4) is 0 Å². The Morgan fingerprint density at radius 2 is 1.76 bits per heavy atom. The number of esters is 1. The molecule has 0 aliphatic carbocycles. The topological polar surface area (TPSA) is 110 Å². The Labute approximate surface area is 147 Å². The summed E-state index contributed by atoms with van der Waals surface area (Å²) >= 11 is 0. The summed E-state index contributed by atoms with van der Waals surface area (Å²) in [5.41, 5.74) is 0.431. The molecule has 0 spiro atoms. The smallest absolute Gasteiger partial charge is 0.306 e. The van der Waals surface area contributed by atoms with Gasteiger partial charge in [-0.3, -0.25) is 14.4 Å². The van der Waals surface area contributed by atoms with Gasteiger partial charge < -0.3 is 10.1 Å². The van der Waals surface area contributed by atoms with Crippen molar-refractivity contribution in [1.82, 2.24) is 9.62 Å². The van der Waals surface area contributed by atoms with Gasteiger partial charge in [0.05, 0.1) is 4.90 Å². The number of likely N-dealkylation sites (N-methyl/N-ethyl adjacent to an activating group) is 1. The summed E-state index contributed by atoms with van der Waals surface area (Å²) in [4.78, 5) is 33.7. The lowest BCUT2D eigenvalue weighted by molar-refractivity contribution is -0.148. The van der Waals surface area contributed by atoms with Crippen LogP contribution in [0.1, 0.15) is 30.1 Å². The van der Waals surface area contributed by atoms with Crippen molar-refractivity contribution in [3.63, 3.8) is 0 Å². The number of carbonyl (C=O) groups excluding carboxylic acids is 3. The van der Waals surface area contributed by atoms with E-state index < -0.39 is 21.9 Å². The van der Waals surface area contributed by atoms with Gasteiger partial charge in [-0.15, -0.1) is 0 Å². The summed E-state index contributed by atoms with van der Waals surface area (Å²) in [6.45, 7) is 1.16. The molecule has 138 valence electrons. The molecule has 1 aromatic rings. The summed E-state index contributed by atoms with van der Waals surface area (Å²) in [6, 6.07) is 5.67. The molecule has 1 rings (SSSR count). The number of benzene rings is 1. The van der Waals surface area contributed by atoms with Crippen molar-refractivity contribution in [1.29, 1.82) is 0 Å². The average Bonchev–Trinajstić information content (AvgIpc) is 2.59. The van der Waals surface area contributed by atoms with Crippen molar-refractivity contribution >= 4 is 27.7 Å². The van der Waals surface area contributed by atoms with E-state index in [1.807, 2.05) is 0 Å². The van der Waals surface area contributed by atoms with Gasteiger partial charge in [0.2, 0.25) is 10.0 Å². The minimum Gasteiger partial charge on any atom is -0.456 e. The zero-order chi connectivity index (χ0) is 19.0. The number of ketones is 1. The fraction of sp³-hybridized carbons (Fsp3) is 0.438. The molecule has 0 bridgehead atoms. The van der Waals surface area contributed by atoms with Crippen LogP contribution in [0.25, 0.3) is 0 Å². The van der Waals surface area contributed by atoms with Crippen molar-refractivity contribution < 1.29 is 27.5 Å². The summed E-state index contributed by atoms with van der Waals surface area (Å²) in [6.07, 6.45) is 0.258. The Morgan fingerprint density at radius 1 is 1.16 bits per heavy atom. The second-order valence-corrected chi connectivity index (χ2v) is 7.39. The second kappa shape index (κ2) is 9.28. The van der Waals surface area contributed by atoms with Crippen LogP contribution < -0.4 is 5.32 Å². The molecule has 0 radical (unpaired) electrons. The van der Waals surface area contributed by atoms with E-state index in [1.165, 1.54) is 45.3 Å². The Morgan fingerprint density at radius 3 is 2.28 bits per heavy atom. The number of nitrogens with one attached hydrogen (secondary N) is 1. The highest BCUT2D eigenvalue weighted by Crippen LogP contribution is 2.16. The van der Waals surface area contributed by atoms with E-state index in [4.69, 9.17) is 4.74 Å². The van der Waals surface area contributed by atoms with E-state index in [0.717, 1.165) is 4.31 Å². The maximum absolute atomic E-state index is 12.4. The fourth-order valence-electron chi connectivity index (χ4n) is 1.90. The Bertz CT molecular complexity index is 727. The molecule has 0 saturated carbocycles. The third kappa shape index (κ3) is 6.28. The van der Waals surface area contributed by atoms with E-state index in [1.54, 1.807) is 0 Å². The van der Waals surface area contributed by atoms with Crippen LogP contribution in [0.2, 0.25) is 0 Å². The van der Waals surface area contributed by atoms with Crippen LogP contribution in [-0.4, -0.2) is 57.6 Å². The van der Waals surface area contributed by atoms with Crippen molar-refractivity contribution in [3.05, 3.63) is 29.8 Å². The highest BCUT2D eigenvalue weighted by molar-refractivity contribution is 7.89. The lowest BCUT2D eigenvalue weighted by Crippen LogP contribution is -2.29. The molecule has 0 atom stereocenters. The molecule has 0 fully saturated rings. The number of nitrogens with zero attached hydrogens (tertiary/aromatic N) is 1. The maximum Gasteiger partial charge on any atom is 0.306 e. The van der Waals surface area contributed by atoms with E-state index >= 15 is 0 Å². The molecular weight excluding hydrogens is 348 g/mol. The van der Waals surface area contributed by atoms with Crippen LogP contribution in [0.5, 0.6) is 0 Å². The number of carbonyl (C=O) groups is 3. The lowest BCUT2D eigenvalue weighted by Gasteiger charge is -2.17. The molecule has 8 nitrogen and oxygen atoms in total.